The molecule has 0 spiro atoms. The maximum absolute atomic E-state index is 11.2. The van der Waals surface area contributed by atoms with Crippen LogP contribution in [0.5, 0.6) is 0 Å². The first-order chi connectivity index (χ1) is 26.6. The number of benzene rings is 4. The number of rotatable bonds is 12. The molecule has 4 aliphatic rings. The normalized spacial score (nSPS) is 22.9. The molecule has 2 bridgehead atoms. The van der Waals surface area contributed by atoms with Gasteiger partial charge in [-0.2, -0.15) is 4.58 Å². The van der Waals surface area contributed by atoms with Crippen molar-refractivity contribution >= 4 is 56.9 Å². The Labute approximate surface area is 332 Å². The van der Waals surface area contributed by atoms with Crippen LogP contribution in [-0.4, -0.2) is 66.2 Å². The van der Waals surface area contributed by atoms with Gasteiger partial charge in [0, 0.05) is 70.2 Å². The molecule has 2 unspecified atom stereocenters. The summed E-state index contributed by atoms with van der Waals surface area (Å²) in [5, 5.41) is 5.28. The van der Waals surface area contributed by atoms with Crippen LogP contribution in [0.15, 0.2) is 119 Å². The highest BCUT2D eigenvalue weighted by atomic mass is 32.2. The third kappa shape index (κ3) is 6.21. The molecule has 0 N–H and O–H groups in total. The number of hydrogen-bond donors (Lipinski definition) is 0. The lowest BCUT2D eigenvalue weighted by Gasteiger charge is -2.36. The molecule has 2 atom stereocenters. The van der Waals surface area contributed by atoms with E-state index in [0.29, 0.717) is 25.2 Å². The molecule has 4 heterocycles. The van der Waals surface area contributed by atoms with Crippen LogP contribution < -0.4 is 4.90 Å². The molecule has 4 aliphatic heterocycles. The molecule has 0 radical (unpaired) electrons. The van der Waals surface area contributed by atoms with Crippen molar-refractivity contribution < 1.29 is 14.1 Å². The van der Waals surface area contributed by atoms with E-state index in [0.717, 1.165) is 44.5 Å². The Balaban J connectivity index is 1.26. The highest BCUT2D eigenvalue weighted by Crippen LogP contribution is 2.52. The summed E-state index contributed by atoms with van der Waals surface area (Å²) < 4.78 is 7.82. The summed E-state index contributed by atoms with van der Waals surface area (Å²) in [6.45, 7) is 17.1. The lowest BCUT2D eigenvalue weighted by atomic mass is 9.79. The van der Waals surface area contributed by atoms with Gasteiger partial charge in [-0.3, -0.25) is 9.69 Å². The van der Waals surface area contributed by atoms with Crippen molar-refractivity contribution in [3.05, 3.63) is 130 Å². The predicted octanol–water partition coefficient (Wildman–Crippen LogP) is 11.0. The van der Waals surface area contributed by atoms with Crippen LogP contribution in [0.1, 0.15) is 78.4 Å². The Morgan fingerprint density at radius 2 is 1.51 bits per heavy atom. The summed E-state index contributed by atoms with van der Waals surface area (Å²) in [7, 11) is 2.32. The zero-order valence-electron chi connectivity index (χ0n) is 33.7. The number of thioether (sulfide) groups is 1. The van der Waals surface area contributed by atoms with Gasteiger partial charge in [-0.25, -0.2) is 0 Å². The molecular weight excluding hydrogens is 695 g/mol. The van der Waals surface area contributed by atoms with Crippen LogP contribution in [0.25, 0.3) is 21.5 Å². The van der Waals surface area contributed by atoms with Gasteiger partial charge in [0.25, 0.3) is 6.47 Å². The summed E-state index contributed by atoms with van der Waals surface area (Å²) in [6, 6.07) is 27.6. The van der Waals surface area contributed by atoms with Gasteiger partial charge >= 0.3 is 0 Å². The molecule has 4 aromatic carbocycles. The van der Waals surface area contributed by atoms with Gasteiger partial charge in [-0.15, -0.1) is 11.8 Å². The number of carbonyl (C=O) groups is 1. The third-order valence-corrected chi connectivity index (χ3v) is 13.8. The minimum Gasteiger partial charge on any atom is -0.467 e. The number of hydrogen-bond acceptors (Lipinski definition) is 5. The molecule has 284 valence electrons. The first kappa shape index (κ1) is 37.5. The van der Waals surface area contributed by atoms with Crippen LogP contribution >= 0.6 is 11.8 Å². The van der Waals surface area contributed by atoms with Gasteiger partial charge < -0.3 is 9.64 Å². The molecular formula is C49H56N3O2S+. The van der Waals surface area contributed by atoms with E-state index in [9.17, 15) is 4.79 Å². The molecule has 6 heteroatoms. The second-order valence-corrected chi connectivity index (χ2v) is 17.8. The molecule has 0 aliphatic carbocycles. The fourth-order valence-electron chi connectivity index (χ4n) is 10.3. The van der Waals surface area contributed by atoms with Gasteiger partial charge in [0.15, 0.2) is 5.71 Å². The van der Waals surface area contributed by atoms with Crippen molar-refractivity contribution in [1.29, 1.82) is 0 Å². The number of fused-ring (bicyclic) bond motifs is 8. The molecule has 1 fully saturated rings. The smallest absolute Gasteiger partial charge is 0.293 e. The Bertz CT molecular complexity index is 2330. The zero-order valence-corrected chi connectivity index (χ0v) is 34.5. The molecule has 0 aromatic heterocycles. The van der Waals surface area contributed by atoms with Crippen molar-refractivity contribution in [2.75, 3.05) is 37.4 Å². The van der Waals surface area contributed by atoms with Crippen LogP contribution in [0.2, 0.25) is 0 Å². The Morgan fingerprint density at radius 3 is 2.22 bits per heavy atom. The highest BCUT2D eigenvalue weighted by Gasteiger charge is 2.47. The first-order valence-corrected chi connectivity index (χ1v) is 21.3. The molecule has 4 aromatic rings. The van der Waals surface area contributed by atoms with Gasteiger partial charge in [-0.05, 0) is 96.6 Å². The monoisotopic (exact) mass is 750 g/mol. The Hall–Kier alpha value is -4.39. The average molecular weight is 751 g/mol. The van der Waals surface area contributed by atoms with E-state index in [2.05, 4.69) is 160 Å². The van der Waals surface area contributed by atoms with Crippen LogP contribution in [-0.2, 0) is 20.4 Å². The Kier molecular flexibility index (Phi) is 10.2. The summed E-state index contributed by atoms with van der Waals surface area (Å²) in [5.41, 5.74) is 10.6. The maximum atomic E-state index is 11.2. The lowest BCUT2D eigenvalue weighted by Crippen LogP contribution is -2.39. The summed E-state index contributed by atoms with van der Waals surface area (Å²) in [4.78, 5) is 17.7. The molecule has 1 saturated heterocycles. The van der Waals surface area contributed by atoms with Crippen molar-refractivity contribution in [3.63, 3.8) is 0 Å². The van der Waals surface area contributed by atoms with Gasteiger partial charge in [0.1, 0.15) is 13.2 Å². The summed E-state index contributed by atoms with van der Waals surface area (Å²) in [5.74, 6) is 0.717. The molecule has 0 amide bonds. The van der Waals surface area contributed by atoms with E-state index in [4.69, 9.17) is 4.74 Å². The van der Waals surface area contributed by atoms with Crippen molar-refractivity contribution in [3.8, 4) is 0 Å². The standard InChI is InChI=1S/C49H56N3O2S/c1-8-28-51-41-22-18-33-14-10-12-16-35(33)45(41)48(3,4)43(51)26-20-37-39-24-25-40(50(39)7)38(47(37)55-31-30-54-32-53)21-27-44-49(5,6)46-36-17-13-11-15-34(36)19-23-42(46)52(44)29-9-2/h10-23,26-27,32,39-40H,8-9,24-25,28-31H2,1-7H3/q+1. The minimum atomic E-state index is -0.161. The number of nitrogens with zero attached hydrogens (tertiary/aromatic N) is 3. The topological polar surface area (TPSA) is 35.8 Å². The van der Waals surface area contributed by atoms with E-state index in [1.54, 1.807) is 0 Å². The van der Waals surface area contributed by atoms with Crippen molar-refractivity contribution in [2.24, 2.45) is 0 Å². The third-order valence-electron chi connectivity index (χ3n) is 12.7. The SMILES string of the molecule is CCCN1C(=CC=C2C(SCCOC=O)=C(C=CC3=[N+](CCC)c4ccc5ccccc5c4C3(C)C)C3CCC2N3C)C(C)(C)c2c1ccc1ccccc21. The molecule has 55 heavy (non-hydrogen) atoms. The van der Waals surface area contributed by atoms with Crippen LogP contribution in [0, 0.1) is 0 Å². The van der Waals surface area contributed by atoms with Gasteiger partial charge in [0.2, 0.25) is 5.69 Å². The van der Waals surface area contributed by atoms with Crippen LogP contribution in [0.3, 0.4) is 0 Å². The summed E-state index contributed by atoms with van der Waals surface area (Å²) >= 11 is 1.85. The van der Waals surface area contributed by atoms with Crippen molar-refractivity contribution in [1.82, 2.24) is 4.90 Å². The second kappa shape index (κ2) is 14.9. The van der Waals surface area contributed by atoms with E-state index >= 15 is 0 Å². The number of allylic oxidation sites excluding steroid dienone is 4. The fourth-order valence-corrected chi connectivity index (χ4v) is 11.4. The van der Waals surface area contributed by atoms with Gasteiger partial charge in [-0.1, -0.05) is 94.4 Å². The van der Waals surface area contributed by atoms with Crippen LogP contribution in [0.4, 0.5) is 11.4 Å². The van der Waals surface area contributed by atoms with Gasteiger partial charge in [0.05, 0.1) is 5.41 Å². The zero-order chi connectivity index (χ0) is 38.5. The fraction of sp³-hybridized carbons (Fsp3) is 0.388. The number of anilines is 1. The van der Waals surface area contributed by atoms with E-state index in [1.807, 2.05) is 11.8 Å². The quantitative estimate of drug-likeness (QED) is 0.0819. The minimum absolute atomic E-state index is 0.161. The number of likely N-dealkylation sites (N-methyl/N-ethyl adjacent to an activating group) is 1. The maximum Gasteiger partial charge on any atom is 0.293 e. The second-order valence-electron chi connectivity index (χ2n) is 16.7. The Morgan fingerprint density at radius 1 is 0.818 bits per heavy atom. The van der Waals surface area contributed by atoms with E-state index in [1.165, 1.54) is 71.5 Å². The van der Waals surface area contributed by atoms with E-state index in [-0.39, 0.29) is 10.8 Å². The largest absolute Gasteiger partial charge is 0.467 e. The molecule has 0 saturated carbocycles. The van der Waals surface area contributed by atoms with E-state index < -0.39 is 0 Å². The lowest BCUT2D eigenvalue weighted by molar-refractivity contribution is -0.437. The average Bonchev–Trinajstić information content (AvgIpc) is 3.69. The number of ether oxygens (including phenoxy) is 1. The highest BCUT2D eigenvalue weighted by molar-refractivity contribution is 8.03. The first-order valence-electron chi connectivity index (χ1n) is 20.3. The van der Waals surface area contributed by atoms with Crippen molar-refractivity contribution in [2.45, 2.75) is 90.1 Å². The molecule has 5 nitrogen and oxygen atoms in total. The molecule has 8 rings (SSSR count). The summed E-state index contributed by atoms with van der Waals surface area (Å²) in [6.07, 6.45) is 14.2. The number of carbonyl (C=O) groups excluding carboxylic acids is 1. The predicted molar refractivity (Wildman–Crippen MR) is 233 cm³/mol.